The molecule has 0 aliphatic heterocycles. The highest BCUT2D eigenvalue weighted by atomic mass is 35.5. The lowest BCUT2D eigenvalue weighted by Crippen LogP contribution is -2.16. The van der Waals surface area contributed by atoms with Crippen LogP contribution in [0.2, 0.25) is 5.02 Å². The van der Waals surface area contributed by atoms with Gasteiger partial charge >= 0.3 is 0 Å². The molecule has 0 aliphatic rings. The monoisotopic (exact) mass is 376 g/mol. The van der Waals surface area contributed by atoms with E-state index in [-0.39, 0.29) is 5.82 Å². The number of hydrogen-bond acceptors (Lipinski definition) is 3. The van der Waals surface area contributed by atoms with Gasteiger partial charge in [-0.15, -0.1) is 0 Å². The van der Waals surface area contributed by atoms with E-state index in [1.54, 1.807) is 42.5 Å². The number of anilines is 3. The second-order valence-corrected chi connectivity index (χ2v) is 5.95. The van der Waals surface area contributed by atoms with Crippen LogP contribution in [-0.4, -0.2) is 15.7 Å². The summed E-state index contributed by atoms with van der Waals surface area (Å²) in [5, 5.41) is 9.97. The molecule has 0 spiro atoms. The zero-order chi connectivity index (χ0) is 18.7. The Labute approximate surface area is 153 Å². The van der Waals surface area contributed by atoms with Gasteiger partial charge in [0.1, 0.15) is 11.5 Å². The summed E-state index contributed by atoms with van der Waals surface area (Å²) in [5.74, 6) is -0.262. The van der Waals surface area contributed by atoms with E-state index in [9.17, 15) is 13.6 Å². The first kappa shape index (κ1) is 17.9. The molecule has 1 aromatic heterocycles. The van der Waals surface area contributed by atoms with Crippen molar-refractivity contribution in [2.24, 2.45) is 7.05 Å². The summed E-state index contributed by atoms with van der Waals surface area (Å²) in [6, 6.07) is 15.1. The Morgan fingerprint density at radius 2 is 1.92 bits per heavy atom. The van der Waals surface area contributed by atoms with Crippen LogP contribution in [0.25, 0.3) is 0 Å². The van der Waals surface area contributed by atoms with Gasteiger partial charge in [-0.3, -0.25) is 9.48 Å². The van der Waals surface area contributed by atoms with Crippen molar-refractivity contribution in [3.05, 3.63) is 70.9 Å². The molecule has 3 rings (SSSR count). The number of carbonyl (C=O) groups is 1. The topological polar surface area (TPSA) is 59.0 Å². The highest BCUT2D eigenvalue weighted by Gasteiger charge is 2.17. The van der Waals surface area contributed by atoms with Crippen LogP contribution in [-0.2, 0) is 7.05 Å². The third-order valence-corrected chi connectivity index (χ3v) is 3.87. The van der Waals surface area contributed by atoms with Gasteiger partial charge in [0.05, 0.1) is 11.3 Å². The van der Waals surface area contributed by atoms with Crippen molar-refractivity contribution in [3.8, 4) is 0 Å². The largest absolute Gasteiger partial charge is 0.355 e. The predicted molar refractivity (Wildman–Crippen MR) is 97.3 cm³/mol. The average Bonchev–Trinajstić information content (AvgIpc) is 2.96. The minimum atomic E-state index is -2.70. The maximum absolute atomic E-state index is 12.8. The van der Waals surface area contributed by atoms with Crippen molar-refractivity contribution in [2.75, 3.05) is 10.6 Å². The van der Waals surface area contributed by atoms with Crippen molar-refractivity contribution < 1.29 is 13.6 Å². The van der Waals surface area contributed by atoms with E-state index in [1.165, 1.54) is 11.7 Å². The van der Waals surface area contributed by atoms with Gasteiger partial charge in [0, 0.05) is 23.8 Å². The number of aryl methyl sites for hydroxylation is 1. The molecule has 2 N–H and O–H groups in total. The van der Waals surface area contributed by atoms with Crippen molar-refractivity contribution in [3.63, 3.8) is 0 Å². The zero-order valence-corrected chi connectivity index (χ0v) is 14.5. The fourth-order valence-electron chi connectivity index (χ4n) is 2.41. The van der Waals surface area contributed by atoms with Gasteiger partial charge in [-0.1, -0.05) is 29.8 Å². The minimum absolute atomic E-state index is 0.183. The molecule has 2 aromatic carbocycles. The van der Waals surface area contributed by atoms with E-state index < -0.39 is 18.0 Å². The van der Waals surface area contributed by atoms with Gasteiger partial charge in [0.15, 0.2) is 0 Å². The average molecular weight is 377 g/mol. The van der Waals surface area contributed by atoms with Crippen molar-refractivity contribution in [1.29, 1.82) is 0 Å². The molecule has 0 bridgehead atoms. The molecule has 1 heterocycles. The van der Waals surface area contributed by atoms with Crippen LogP contribution in [0.15, 0.2) is 54.6 Å². The molecule has 0 aliphatic carbocycles. The standard InChI is InChI=1S/C18H15ClF2N4O/c1-25-16(10-15(24-25)17(20)21)23-18(26)13-7-2-3-8-14(13)22-12-6-4-5-11(19)9-12/h2-10,17,22H,1H3,(H,23,26). The van der Waals surface area contributed by atoms with Gasteiger partial charge in [-0.05, 0) is 30.3 Å². The van der Waals surface area contributed by atoms with Crippen molar-refractivity contribution in [1.82, 2.24) is 9.78 Å². The van der Waals surface area contributed by atoms with E-state index >= 15 is 0 Å². The molecule has 26 heavy (non-hydrogen) atoms. The van der Waals surface area contributed by atoms with Crippen LogP contribution < -0.4 is 10.6 Å². The first-order chi connectivity index (χ1) is 12.4. The number of nitrogens with zero attached hydrogens (tertiary/aromatic N) is 2. The fraction of sp³-hybridized carbons (Fsp3) is 0.111. The number of benzene rings is 2. The molecule has 0 saturated carbocycles. The van der Waals surface area contributed by atoms with E-state index in [0.29, 0.717) is 16.3 Å². The number of nitrogens with one attached hydrogen (secondary N) is 2. The summed E-state index contributed by atoms with van der Waals surface area (Å²) in [4.78, 5) is 12.6. The lowest BCUT2D eigenvalue weighted by Gasteiger charge is -2.12. The van der Waals surface area contributed by atoms with E-state index in [2.05, 4.69) is 15.7 Å². The molecule has 134 valence electrons. The van der Waals surface area contributed by atoms with Gasteiger partial charge in [0.25, 0.3) is 12.3 Å². The molecular formula is C18H15ClF2N4O. The molecule has 0 unspecified atom stereocenters. The summed E-state index contributed by atoms with van der Waals surface area (Å²) in [6.07, 6.45) is -2.70. The van der Waals surface area contributed by atoms with Crippen LogP contribution in [0.1, 0.15) is 22.5 Å². The Morgan fingerprint density at radius 3 is 2.62 bits per heavy atom. The molecule has 0 radical (unpaired) electrons. The maximum atomic E-state index is 12.8. The van der Waals surface area contributed by atoms with Gasteiger partial charge < -0.3 is 10.6 Å². The molecular weight excluding hydrogens is 362 g/mol. The lowest BCUT2D eigenvalue weighted by atomic mass is 10.1. The maximum Gasteiger partial charge on any atom is 0.282 e. The van der Waals surface area contributed by atoms with Crippen LogP contribution >= 0.6 is 11.6 Å². The minimum Gasteiger partial charge on any atom is -0.355 e. The van der Waals surface area contributed by atoms with Crippen LogP contribution in [0.4, 0.5) is 26.0 Å². The number of rotatable bonds is 5. The van der Waals surface area contributed by atoms with Gasteiger partial charge in [-0.2, -0.15) is 5.10 Å². The molecule has 5 nitrogen and oxygen atoms in total. The summed E-state index contributed by atoms with van der Waals surface area (Å²) in [5.41, 5.74) is 1.24. The molecule has 8 heteroatoms. The Balaban J connectivity index is 1.84. The predicted octanol–water partition coefficient (Wildman–Crippen LogP) is 5.01. The number of carbonyl (C=O) groups excluding carboxylic acids is 1. The molecule has 0 saturated heterocycles. The second-order valence-electron chi connectivity index (χ2n) is 5.51. The quantitative estimate of drug-likeness (QED) is 0.658. The Morgan fingerprint density at radius 1 is 1.15 bits per heavy atom. The SMILES string of the molecule is Cn1nc(C(F)F)cc1NC(=O)c1ccccc1Nc1cccc(Cl)c1. The third kappa shape index (κ3) is 4.00. The molecule has 0 fully saturated rings. The number of halogens is 3. The fourth-order valence-corrected chi connectivity index (χ4v) is 2.60. The van der Waals surface area contributed by atoms with Gasteiger partial charge in [0.2, 0.25) is 0 Å². The molecule has 1 amide bonds. The second kappa shape index (κ2) is 7.53. The number of amides is 1. The third-order valence-electron chi connectivity index (χ3n) is 3.64. The van der Waals surface area contributed by atoms with Crippen LogP contribution in [0.5, 0.6) is 0 Å². The Bertz CT molecular complexity index is 942. The first-order valence-electron chi connectivity index (χ1n) is 7.69. The summed E-state index contributed by atoms with van der Waals surface area (Å²) in [6.45, 7) is 0. The molecule has 3 aromatic rings. The van der Waals surface area contributed by atoms with E-state index in [4.69, 9.17) is 11.6 Å². The molecule has 0 atom stereocenters. The Kier molecular flexibility index (Phi) is 5.18. The van der Waals surface area contributed by atoms with Crippen molar-refractivity contribution in [2.45, 2.75) is 6.43 Å². The normalized spacial score (nSPS) is 10.8. The lowest BCUT2D eigenvalue weighted by molar-refractivity contribution is 0.102. The zero-order valence-electron chi connectivity index (χ0n) is 13.7. The van der Waals surface area contributed by atoms with Crippen LogP contribution in [0.3, 0.4) is 0 Å². The van der Waals surface area contributed by atoms with Crippen molar-refractivity contribution >= 4 is 34.7 Å². The number of hydrogen-bond donors (Lipinski definition) is 2. The first-order valence-corrected chi connectivity index (χ1v) is 8.07. The van der Waals surface area contributed by atoms with Gasteiger partial charge in [-0.25, -0.2) is 8.78 Å². The Hall–Kier alpha value is -2.93. The number of alkyl halides is 2. The number of aromatic nitrogens is 2. The summed E-state index contributed by atoms with van der Waals surface area (Å²) in [7, 11) is 1.48. The van der Waals surface area contributed by atoms with E-state index in [0.717, 1.165) is 11.8 Å². The highest BCUT2D eigenvalue weighted by Crippen LogP contribution is 2.25. The van der Waals surface area contributed by atoms with Crippen LogP contribution in [0, 0.1) is 0 Å². The summed E-state index contributed by atoms with van der Waals surface area (Å²) >= 11 is 5.98. The summed E-state index contributed by atoms with van der Waals surface area (Å²) < 4.78 is 26.7. The smallest absolute Gasteiger partial charge is 0.282 e. The van der Waals surface area contributed by atoms with E-state index in [1.807, 2.05) is 6.07 Å². The number of para-hydroxylation sites is 1. The highest BCUT2D eigenvalue weighted by molar-refractivity contribution is 6.30.